The molecule has 0 fully saturated rings. The second kappa shape index (κ2) is 25.4. The van der Waals surface area contributed by atoms with Gasteiger partial charge in [-0.2, -0.15) is 0 Å². The van der Waals surface area contributed by atoms with Crippen LogP contribution < -0.4 is 15.3 Å². The monoisotopic (exact) mass is 862 g/mol. The molecule has 24 nitrogen and oxygen atoms in total. The molecule has 0 amide bonds. The van der Waals surface area contributed by atoms with Gasteiger partial charge < -0.3 is 122 Å². The van der Waals surface area contributed by atoms with Crippen molar-refractivity contribution in [1.29, 1.82) is 0 Å². The number of carbonyl (C=O) groups is 3. The zero-order valence-electron chi connectivity index (χ0n) is 23.2. The van der Waals surface area contributed by atoms with Crippen LogP contribution in [0.5, 0.6) is 0 Å². The molecular formula is C21H39O24Re. The molecule has 3 unspecified atom stereocenters. The summed E-state index contributed by atoms with van der Waals surface area (Å²) in [6.07, 6.45) is -31.5. The normalized spacial score (nSPS) is 21.0. The van der Waals surface area contributed by atoms with E-state index >= 15 is 0 Å². The average Bonchev–Trinajstić information content (AvgIpc) is 3.02. The summed E-state index contributed by atoms with van der Waals surface area (Å²) in [5.41, 5.74) is 0. The molecule has 0 rings (SSSR count). The summed E-state index contributed by atoms with van der Waals surface area (Å²) < 4.78 is 0. The molecule has 18 N–H and O–H groups in total. The van der Waals surface area contributed by atoms with E-state index < -0.39 is 129 Å². The number of rotatable bonds is 18. The van der Waals surface area contributed by atoms with Crippen molar-refractivity contribution in [2.45, 2.75) is 91.6 Å². The molecule has 0 aromatic carbocycles. The van der Waals surface area contributed by atoms with Crippen LogP contribution in [0.4, 0.5) is 0 Å². The second-order valence-corrected chi connectivity index (χ2v) is 8.96. The number of aliphatic hydroxyl groups is 18. The van der Waals surface area contributed by atoms with E-state index in [0.29, 0.717) is 0 Å². The Kier molecular flexibility index (Phi) is 28.2. The molecule has 0 radical (unpaired) electrons. The minimum atomic E-state index is -2.40. The number of carboxylic acid groups (broad SMARTS) is 3. The molecule has 0 aromatic rings. The summed E-state index contributed by atoms with van der Waals surface area (Å²) >= 11 is 0. The van der Waals surface area contributed by atoms with Crippen LogP contribution in [0.25, 0.3) is 0 Å². The second-order valence-electron chi connectivity index (χ2n) is 8.96. The third kappa shape index (κ3) is 17.5. The fraction of sp³-hybridized carbons (Fsp3) is 0.857. The predicted octanol–water partition coefficient (Wildman–Crippen LogP) is -16.4. The summed E-state index contributed by atoms with van der Waals surface area (Å²) in [6, 6.07) is 0. The van der Waals surface area contributed by atoms with Crippen molar-refractivity contribution in [3.05, 3.63) is 0 Å². The molecule has 0 bridgehead atoms. The van der Waals surface area contributed by atoms with Gasteiger partial charge in [-0.3, -0.25) is 0 Å². The fourth-order valence-corrected chi connectivity index (χ4v) is 2.59. The van der Waals surface area contributed by atoms with E-state index in [1.165, 1.54) is 0 Å². The van der Waals surface area contributed by atoms with E-state index in [2.05, 4.69) is 0 Å². The van der Waals surface area contributed by atoms with Crippen molar-refractivity contribution < 1.29 is 142 Å². The van der Waals surface area contributed by atoms with E-state index in [-0.39, 0.29) is 20.4 Å². The largest absolute Gasteiger partial charge is 3.00 e. The molecule has 0 saturated heterocycles. The first-order chi connectivity index (χ1) is 20.5. The molecule has 0 heterocycles. The molecule has 0 aliphatic heterocycles. The van der Waals surface area contributed by atoms with Crippen LogP contribution in [-0.2, 0) is 34.8 Å². The Balaban J connectivity index is -0.000000285. The Hall–Kier alpha value is -1.65. The molecule has 274 valence electrons. The van der Waals surface area contributed by atoms with Gasteiger partial charge in [-0.25, -0.2) is 0 Å². The number of carbonyl (C=O) groups excluding carboxylic acids is 3. The summed E-state index contributed by atoms with van der Waals surface area (Å²) in [5, 5.41) is 190. The van der Waals surface area contributed by atoms with Gasteiger partial charge in [0.2, 0.25) is 0 Å². The summed E-state index contributed by atoms with van der Waals surface area (Å²) in [7, 11) is 0. The van der Waals surface area contributed by atoms with Gasteiger partial charge in [-0.15, -0.1) is 0 Å². The molecule has 0 aliphatic rings. The molecule has 0 spiro atoms. The Morgan fingerprint density at radius 1 is 0.348 bits per heavy atom. The first-order valence-corrected chi connectivity index (χ1v) is 12.1. The number of aliphatic hydroxyl groups excluding tert-OH is 18. The molecule has 0 aliphatic carbocycles. The van der Waals surface area contributed by atoms with Crippen molar-refractivity contribution in [1.82, 2.24) is 0 Å². The van der Waals surface area contributed by atoms with Crippen molar-refractivity contribution in [2.24, 2.45) is 0 Å². The van der Waals surface area contributed by atoms with Gasteiger partial charge in [0.25, 0.3) is 0 Å². The maximum absolute atomic E-state index is 10.1. The summed E-state index contributed by atoms with van der Waals surface area (Å²) in [4.78, 5) is 30.2. The van der Waals surface area contributed by atoms with Crippen molar-refractivity contribution in [2.75, 3.05) is 19.8 Å². The van der Waals surface area contributed by atoms with Gasteiger partial charge >= 0.3 is 20.4 Å². The number of hydrogen-bond donors (Lipinski definition) is 18. The van der Waals surface area contributed by atoms with Gasteiger partial charge in [-0.05, 0) is 0 Å². The Morgan fingerprint density at radius 3 is 0.609 bits per heavy atom. The minimum Gasteiger partial charge on any atom is -0.547 e. The third-order valence-corrected chi connectivity index (χ3v) is 5.54. The first-order valence-electron chi connectivity index (χ1n) is 12.1. The molecule has 0 saturated carbocycles. The van der Waals surface area contributed by atoms with Gasteiger partial charge in [0, 0.05) is 0 Å². The van der Waals surface area contributed by atoms with Crippen LogP contribution >= 0.6 is 0 Å². The fourth-order valence-electron chi connectivity index (χ4n) is 2.59. The van der Waals surface area contributed by atoms with E-state index in [0.717, 1.165) is 0 Å². The Bertz CT molecular complexity index is 733. The summed E-state index contributed by atoms with van der Waals surface area (Å²) in [6.45, 7) is -2.69. The Labute approximate surface area is 271 Å². The van der Waals surface area contributed by atoms with E-state index in [4.69, 9.17) is 91.9 Å². The van der Waals surface area contributed by atoms with Gasteiger partial charge in [0.15, 0.2) is 0 Å². The summed E-state index contributed by atoms with van der Waals surface area (Å²) in [5.74, 6) is -6.10. The molecule has 0 aromatic heterocycles. The van der Waals surface area contributed by atoms with Crippen LogP contribution in [0.1, 0.15) is 0 Å². The van der Waals surface area contributed by atoms with Gasteiger partial charge in [0.05, 0.1) is 37.7 Å². The van der Waals surface area contributed by atoms with E-state index in [1.807, 2.05) is 0 Å². The molecule has 15 atom stereocenters. The topological polar surface area (TPSA) is 485 Å². The predicted molar refractivity (Wildman–Crippen MR) is 126 cm³/mol. The van der Waals surface area contributed by atoms with Gasteiger partial charge in [0.1, 0.15) is 91.6 Å². The molecule has 46 heavy (non-hydrogen) atoms. The standard InChI is InChI=1S/3C7H14O8.Re/c3*8-1-2(9)3(10)4(11)5(12)6(13)7(14)15;/h3*2-6,8-13H,1H2,(H,14,15);/q;;;+3/p-3/t3*2?,3-,4-,5+,6-;/m111./s1. The van der Waals surface area contributed by atoms with Crippen LogP contribution in [0.2, 0.25) is 0 Å². The first kappa shape index (κ1) is 51.2. The van der Waals surface area contributed by atoms with E-state index in [1.54, 1.807) is 0 Å². The van der Waals surface area contributed by atoms with E-state index in [9.17, 15) is 29.7 Å². The Morgan fingerprint density at radius 2 is 0.500 bits per heavy atom. The average molecular weight is 862 g/mol. The van der Waals surface area contributed by atoms with Crippen molar-refractivity contribution >= 4 is 17.9 Å². The maximum atomic E-state index is 10.1. The van der Waals surface area contributed by atoms with Crippen molar-refractivity contribution in [3.63, 3.8) is 0 Å². The van der Waals surface area contributed by atoms with Gasteiger partial charge in [-0.1, -0.05) is 0 Å². The van der Waals surface area contributed by atoms with Crippen LogP contribution in [-0.4, -0.2) is 221 Å². The van der Waals surface area contributed by atoms with Crippen molar-refractivity contribution in [3.8, 4) is 0 Å². The molecule has 25 heteroatoms. The maximum Gasteiger partial charge on any atom is 3.00 e. The van der Waals surface area contributed by atoms with Crippen LogP contribution in [0.3, 0.4) is 0 Å². The minimum absolute atomic E-state index is 0. The number of aliphatic carboxylic acids is 3. The zero-order valence-corrected chi connectivity index (χ0v) is 25.9. The quantitative estimate of drug-likeness (QED) is 0.0608. The zero-order chi connectivity index (χ0) is 36.5. The number of hydrogen-bond acceptors (Lipinski definition) is 24. The van der Waals surface area contributed by atoms with Crippen LogP contribution in [0.15, 0.2) is 0 Å². The number of carboxylic acids is 3. The third-order valence-electron chi connectivity index (χ3n) is 5.54. The SMILES string of the molecule is O=C([O-])[C@H](O)[C@@H](O)[C@H](O)[C@H](O)C(O)CO.O=C([O-])[C@H](O)[C@@H](O)[C@H](O)[C@H](O)C(O)CO.O=C([O-])[C@H](O)[C@@H](O)[C@H](O)[C@H](O)C(O)CO.[Re+3]. The smallest absolute Gasteiger partial charge is 0.547 e. The van der Waals surface area contributed by atoms with Crippen LogP contribution in [0, 0.1) is 0 Å². The molecular weight excluding hydrogens is 822 g/mol.